The number of hydrogen-bond acceptors (Lipinski definition) is 5. The summed E-state index contributed by atoms with van der Waals surface area (Å²) in [5.74, 6) is -0.852. The van der Waals surface area contributed by atoms with Crippen LogP contribution in [0.15, 0.2) is 12.4 Å². The molecule has 1 fully saturated rings. The fraction of sp³-hybridized carbons (Fsp3) is 0.600. The molecule has 0 bridgehead atoms. The fourth-order valence-corrected chi connectivity index (χ4v) is 3.00. The standard InChI is InChI=1S/C15H22ClN5O4/c1-2-17-15(25)12-5-11(8-21(12)14(24)3-4-22)19-13(23)9-20-7-10(16)6-18-20/h6-7,11-12,22H,2-5,8-9H2,1H3,(H,17,25)(H,19,23)/t11-,12+/m1/s1. The van der Waals surface area contributed by atoms with Crippen LogP contribution < -0.4 is 10.6 Å². The highest BCUT2D eigenvalue weighted by atomic mass is 35.5. The maximum absolute atomic E-state index is 12.2. The summed E-state index contributed by atoms with van der Waals surface area (Å²) in [4.78, 5) is 37.9. The molecule has 0 aromatic carbocycles. The van der Waals surface area contributed by atoms with Crippen LogP contribution in [0.25, 0.3) is 0 Å². The number of nitrogens with one attached hydrogen (secondary N) is 2. The van der Waals surface area contributed by atoms with Gasteiger partial charge in [-0.15, -0.1) is 0 Å². The van der Waals surface area contributed by atoms with Crippen molar-refractivity contribution in [1.82, 2.24) is 25.3 Å². The van der Waals surface area contributed by atoms with Gasteiger partial charge in [-0.3, -0.25) is 19.1 Å². The smallest absolute Gasteiger partial charge is 0.242 e. The van der Waals surface area contributed by atoms with Crippen molar-refractivity contribution in [2.75, 3.05) is 19.7 Å². The number of hydrogen-bond donors (Lipinski definition) is 3. The molecule has 0 saturated carbocycles. The van der Waals surface area contributed by atoms with Crippen LogP contribution in [0.3, 0.4) is 0 Å². The molecule has 9 nitrogen and oxygen atoms in total. The summed E-state index contributed by atoms with van der Waals surface area (Å²) in [7, 11) is 0. The van der Waals surface area contributed by atoms with Gasteiger partial charge in [0.15, 0.2) is 0 Å². The van der Waals surface area contributed by atoms with Gasteiger partial charge in [-0.1, -0.05) is 11.6 Å². The maximum atomic E-state index is 12.2. The number of rotatable bonds is 7. The normalized spacial score (nSPS) is 19.7. The van der Waals surface area contributed by atoms with E-state index in [1.807, 2.05) is 0 Å². The second kappa shape index (κ2) is 8.82. The maximum Gasteiger partial charge on any atom is 0.242 e. The molecule has 2 atom stereocenters. The number of nitrogens with zero attached hydrogens (tertiary/aromatic N) is 3. The van der Waals surface area contributed by atoms with Crippen molar-refractivity contribution in [3.05, 3.63) is 17.4 Å². The van der Waals surface area contributed by atoms with Crippen molar-refractivity contribution >= 4 is 29.3 Å². The number of carbonyl (C=O) groups is 3. The number of halogens is 1. The molecule has 3 N–H and O–H groups in total. The van der Waals surface area contributed by atoms with E-state index in [4.69, 9.17) is 16.7 Å². The molecule has 2 heterocycles. The molecule has 138 valence electrons. The van der Waals surface area contributed by atoms with Crippen LogP contribution in [0.4, 0.5) is 0 Å². The van der Waals surface area contributed by atoms with Crippen LogP contribution in [-0.4, -0.2) is 69.3 Å². The molecule has 0 spiro atoms. The minimum Gasteiger partial charge on any atom is -0.396 e. The summed E-state index contributed by atoms with van der Waals surface area (Å²) in [6.45, 7) is 2.19. The number of aliphatic hydroxyl groups is 1. The molecule has 10 heteroatoms. The van der Waals surface area contributed by atoms with E-state index in [9.17, 15) is 14.4 Å². The zero-order valence-corrected chi connectivity index (χ0v) is 14.7. The lowest BCUT2D eigenvalue weighted by Gasteiger charge is -2.23. The predicted molar refractivity (Wildman–Crippen MR) is 89.7 cm³/mol. The highest BCUT2D eigenvalue weighted by Crippen LogP contribution is 2.19. The largest absolute Gasteiger partial charge is 0.396 e. The molecule has 1 aliphatic heterocycles. The number of aromatic nitrogens is 2. The van der Waals surface area contributed by atoms with Gasteiger partial charge in [0.2, 0.25) is 17.7 Å². The molecule has 0 unspecified atom stereocenters. The van der Waals surface area contributed by atoms with Crippen LogP contribution in [0, 0.1) is 0 Å². The second-order valence-corrected chi connectivity index (χ2v) is 6.22. The third-order valence-corrected chi connectivity index (χ3v) is 4.07. The van der Waals surface area contributed by atoms with E-state index >= 15 is 0 Å². The van der Waals surface area contributed by atoms with E-state index in [0.29, 0.717) is 18.0 Å². The molecule has 25 heavy (non-hydrogen) atoms. The van der Waals surface area contributed by atoms with Gasteiger partial charge >= 0.3 is 0 Å². The zero-order valence-electron chi connectivity index (χ0n) is 13.9. The minimum absolute atomic E-state index is 0.000368. The van der Waals surface area contributed by atoms with Gasteiger partial charge in [0.25, 0.3) is 0 Å². The van der Waals surface area contributed by atoms with Gasteiger partial charge in [-0.05, 0) is 13.3 Å². The Bertz CT molecular complexity index is 609. The predicted octanol–water partition coefficient (Wildman–Crippen LogP) is -0.859. The Morgan fingerprint density at radius 2 is 2.20 bits per heavy atom. The molecule has 2 rings (SSSR count). The van der Waals surface area contributed by atoms with Crippen LogP contribution in [0.2, 0.25) is 5.02 Å². The number of likely N-dealkylation sites (N-methyl/N-ethyl adjacent to an activating group) is 1. The Morgan fingerprint density at radius 1 is 1.44 bits per heavy atom. The first-order valence-corrected chi connectivity index (χ1v) is 8.47. The third-order valence-electron chi connectivity index (χ3n) is 3.87. The average molecular weight is 372 g/mol. The topological polar surface area (TPSA) is 117 Å². The van der Waals surface area contributed by atoms with E-state index in [2.05, 4.69) is 15.7 Å². The first kappa shape index (κ1) is 19.2. The summed E-state index contributed by atoms with van der Waals surface area (Å²) in [5.41, 5.74) is 0. The van der Waals surface area contributed by atoms with Crippen LogP contribution in [0.1, 0.15) is 19.8 Å². The lowest BCUT2D eigenvalue weighted by molar-refractivity contribution is -0.138. The van der Waals surface area contributed by atoms with E-state index in [1.54, 1.807) is 6.92 Å². The van der Waals surface area contributed by atoms with Crippen LogP contribution >= 0.6 is 11.6 Å². The van der Waals surface area contributed by atoms with E-state index in [1.165, 1.54) is 22.0 Å². The molecule has 0 radical (unpaired) electrons. The molecular formula is C15H22ClN5O4. The van der Waals surface area contributed by atoms with E-state index in [-0.39, 0.29) is 49.9 Å². The molecule has 1 aromatic rings. The Kier molecular flexibility index (Phi) is 6.77. The summed E-state index contributed by atoms with van der Waals surface area (Å²) < 4.78 is 1.41. The van der Waals surface area contributed by atoms with Gasteiger partial charge in [-0.25, -0.2) is 0 Å². The van der Waals surface area contributed by atoms with Crippen molar-refractivity contribution < 1.29 is 19.5 Å². The van der Waals surface area contributed by atoms with E-state index < -0.39 is 6.04 Å². The van der Waals surface area contributed by atoms with Gasteiger partial charge in [0.1, 0.15) is 12.6 Å². The molecule has 3 amide bonds. The van der Waals surface area contributed by atoms with Crippen LogP contribution in [-0.2, 0) is 20.9 Å². The first-order valence-electron chi connectivity index (χ1n) is 8.10. The minimum atomic E-state index is -0.650. The highest BCUT2D eigenvalue weighted by molar-refractivity contribution is 6.30. The molecular weight excluding hydrogens is 350 g/mol. The SMILES string of the molecule is CCNC(=O)[C@@H]1C[C@@H](NC(=O)Cn2cc(Cl)cn2)CN1C(=O)CCO. The first-order chi connectivity index (χ1) is 11.9. The van der Waals surface area contributed by atoms with E-state index in [0.717, 1.165) is 0 Å². The third kappa shape index (κ3) is 5.17. The van der Waals surface area contributed by atoms with Crippen molar-refractivity contribution in [3.63, 3.8) is 0 Å². The van der Waals surface area contributed by atoms with Gasteiger partial charge in [-0.2, -0.15) is 5.10 Å². The summed E-state index contributed by atoms with van der Waals surface area (Å²) in [6.07, 6.45) is 3.24. The fourth-order valence-electron chi connectivity index (χ4n) is 2.84. The summed E-state index contributed by atoms with van der Waals surface area (Å²) in [5, 5.41) is 18.8. The van der Waals surface area contributed by atoms with Gasteiger partial charge in [0, 0.05) is 31.7 Å². The molecule has 1 aromatic heterocycles. The van der Waals surface area contributed by atoms with Crippen molar-refractivity contribution in [3.8, 4) is 0 Å². The monoisotopic (exact) mass is 371 g/mol. The van der Waals surface area contributed by atoms with Crippen molar-refractivity contribution in [2.24, 2.45) is 0 Å². The lowest BCUT2D eigenvalue weighted by Crippen LogP contribution is -2.46. The molecule has 1 aliphatic rings. The van der Waals surface area contributed by atoms with Crippen molar-refractivity contribution in [1.29, 1.82) is 0 Å². The highest BCUT2D eigenvalue weighted by Gasteiger charge is 2.39. The Morgan fingerprint density at radius 3 is 2.80 bits per heavy atom. The quantitative estimate of drug-likeness (QED) is 0.576. The second-order valence-electron chi connectivity index (χ2n) is 5.79. The molecule has 0 aliphatic carbocycles. The Balaban J connectivity index is 1.98. The number of carbonyl (C=O) groups excluding carboxylic acids is 3. The number of likely N-dealkylation sites (tertiary alicyclic amines) is 1. The van der Waals surface area contributed by atoms with Crippen molar-refractivity contribution in [2.45, 2.75) is 38.4 Å². The lowest BCUT2D eigenvalue weighted by atomic mass is 10.1. The summed E-state index contributed by atoms with van der Waals surface area (Å²) in [6, 6.07) is -0.989. The van der Waals surface area contributed by atoms with Crippen LogP contribution in [0.5, 0.6) is 0 Å². The Labute approximate surface area is 150 Å². The number of amides is 3. The summed E-state index contributed by atoms with van der Waals surface area (Å²) >= 11 is 5.76. The molecule has 1 saturated heterocycles. The van der Waals surface area contributed by atoms with Gasteiger partial charge in [0.05, 0.1) is 17.8 Å². The number of aliphatic hydroxyl groups excluding tert-OH is 1. The Hall–Kier alpha value is -2.13. The zero-order chi connectivity index (χ0) is 18.4. The van der Waals surface area contributed by atoms with Gasteiger partial charge < -0.3 is 20.6 Å². The average Bonchev–Trinajstić information content (AvgIpc) is 3.14.